The molecule has 0 saturated heterocycles. The summed E-state index contributed by atoms with van der Waals surface area (Å²) in [4.78, 5) is 141. The zero-order valence-electron chi connectivity index (χ0n) is 31.5. The van der Waals surface area contributed by atoms with Crippen molar-refractivity contribution in [1.82, 2.24) is 48.0 Å². The summed E-state index contributed by atoms with van der Waals surface area (Å²) >= 11 is 0.900. The summed E-state index contributed by atoms with van der Waals surface area (Å²) in [6.45, 7) is -1.28. The monoisotopic (exact) mass is 1010 g/mol. The summed E-state index contributed by atoms with van der Waals surface area (Å²) < 4.78 is 8.22. The van der Waals surface area contributed by atoms with Gasteiger partial charge in [-0.15, -0.1) is 0 Å². The molecule has 0 aromatic rings. The summed E-state index contributed by atoms with van der Waals surface area (Å²) in [6, 6.07) is -3.61. The zero-order chi connectivity index (χ0) is 43.9. The Morgan fingerprint density at radius 2 is 0.763 bits per heavy atom. The van der Waals surface area contributed by atoms with Gasteiger partial charge < -0.3 is 64.4 Å². The molecule has 0 aromatic carbocycles. The average Bonchev–Trinajstić information content (AvgIpc) is 3.16. The summed E-state index contributed by atoms with van der Waals surface area (Å²) in [5.74, 6) is -5.18. The van der Waals surface area contributed by atoms with E-state index in [9.17, 15) is 57.5 Å². The molecule has 29 heteroatoms. The predicted octanol–water partition coefficient (Wildman–Crippen LogP) is -8.38. The molecule has 0 spiro atoms. The Morgan fingerprint density at radius 1 is 0.475 bits per heavy atom. The van der Waals surface area contributed by atoms with Gasteiger partial charge in [-0.2, -0.15) is 0 Å². The number of nitrogens with two attached hydrogens (primary N) is 1. The normalized spacial score (nSPS) is 11.3. The number of aliphatic carboxylic acids is 3. The van der Waals surface area contributed by atoms with Crippen LogP contribution in [0.5, 0.6) is 0 Å². The number of ketones is 3. The van der Waals surface area contributed by atoms with E-state index in [1.165, 1.54) is 0 Å². The number of carbonyl (C=O) groups is 12. The van der Waals surface area contributed by atoms with Crippen molar-refractivity contribution in [2.45, 2.75) is 56.7 Å². The molecule has 0 aromatic heterocycles. The Hall–Kier alpha value is -4.54. The maximum absolute atomic E-state index is 12.7. The number of amides is 6. The molecule has 0 aliphatic heterocycles. The molecule has 332 valence electrons. The van der Waals surface area contributed by atoms with Gasteiger partial charge in [0.05, 0.1) is 57.9 Å². The van der Waals surface area contributed by atoms with Crippen molar-refractivity contribution in [3.05, 3.63) is 6.92 Å². The fraction of sp³-hybridized carbons (Fsp3) is 0.567. The SMILES string of the molecule is O.[CH2-]C(=O)CNC(=O)CNC(=O)[C@H](CCC(=O)O)NCC(=O)CNC(=O)CNC(=O)[C@H](CCC(=O)O)NCC(=O)CNC(=O)CNC(=O)[C@H](CCC(=O)O)NN.[O]=[99Tc].[Y]. The van der Waals surface area contributed by atoms with Crippen LogP contribution in [0.4, 0.5) is 0 Å². The van der Waals surface area contributed by atoms with Gasteiger partial charge in [-0.3, -0.25) is 69.2 Å². The van der Waals surface area contributed by atoms with E-state index in [0.717, 1.165) is 18.9 Å². The van der Waals surface area contributed by atoms with Crippen LogP contribution in [-0.2, 0) is 113 Å². The molecule has 3 atom stereocenters. The third-order valence-corrected chi connectivity index (χ3v) is 6.90. The van der Waals surface area contributed by atoms with Gasteiger partial charge in [0, 0.05) is 64.3 Å². The van der Waals surface area contributed by atoms with Crippen molar-refractivity contribution < 1.29 is 133 Å². The number of carbonyl (C=O) groups excluding carboxylic acids is 9. The van der Waals surface area contributed by atoms with Gasteiger partial charge in [0.1, 0.15) is 6.04 Å². The Labute approximate surface area is 372 Å². The first kappa shape index (κ1) is 61.1. The minimum absolute atomic E-state index is 0. The van der Waals surface area contributed by atoms with Crippen LogP contribution in [-0.4, -0.2) is 162 Å². The van der Waals surface area contributed by atoms with E-state index in [-0.39, 0.29) is 70.4 Å². The smallest absolute Gasteiger partial charge is 0 e. The molecule has 59 heavy (non-hydrogen) atoms. The van der Waals surface area contributed by atoms with Crippen molar-refractivity contribution in [3.8, 4) is 0 Å². The van der Waals surface area contributed by atoms with E-state index in [1.54, 1.807) is 0 Å². The van der Waals surface area contributed by atoms with Crippen LogP contribution in [0.1, 0.15) is 38.5 Å². The standard InChI is InChI=1S/C30H47N10O15.H2O.O.Tc.Y/c1-16(41)8-34-22(44)13-37-28(53)19(2-5-25(47)48)32-9-17(42)11-35-23(45)14-38-29(54)20(3-6-26(49)50)33-10-18(43)12-36-24(46)15-39-30(55)21(40-31)4-7-27(51)52;;;;/h19-21,32-33,40H,1-15,31H2,(H,34,44)(H,35,45)(H,36,46)(H,37,53)(H,38,54)(H,39,55)(H,47,48)(H,49,50)(H,51,52);1H2;;;/q-1;;;;/t19-,20-,21-;;;;/m0..../s1/i;;;1+1;. The van der Waals surface area contributed by atoms with Crippen LogP contribution < -0.4 is 53.8 Å². The molecule has 1 radical (unpaired) electrons. The molecular formula is C30H49N10O17TcY-. The van der Waals surface area contributed by atoms with E-state index >= 15 is 0 Å². The van der Waals surface area contributed by atoms with Gasteiger partial charge in [-0.05, 0) is 19.3 Å². The minimum Gasteiger partial charge on any atom is 0 e. The van der Waals surface area contributed by atoms with E-state index in [4.69, 9.17) is 24.7 Å². The van der Waals surface area contributed by atoms with Crippen molar-refractivity contribution in [2.75, 3.05) is 52.4 Å². The van der Waals surface area contributed by atoms with Gasteiger partial charge in [-0.25, -0.2) is 5.43 Å². The van der Waals surface area contributed by atoms with E-state index in [2.05, 4.69) is 54.9 Å². The van der Waals surface area contributed by atoms with Crippen LogP contribution in [0.15, 0.2) is 0 Å². The first-order valence-corrected chi connectivity index (χ1v) is 17.3. The zero-order valence-corrected chi connectivity index (χ0v) is 36.2. The molecule has 0 saturated carbocycles. The Bertz CT molecular complexity index is 1460. The number of carboxylic acids is 3. The van der Waals surface area contributed by atoms with E-state index < -0.39 is 147 Å². The second kappa shape index (κ2) is 36.5. The third-order valence-electron chi connectivity index (χ3n) is 6.90. The van der Waals surface area contributed by atoms with Crippen molar-refractivity contribution in [3.63, 3.8) is 0 Å². The molecule has 0 heterocycles. The number of carboxylic acid groups (broad SMARTS) is 3. The van der Waals surface area contributed by atoms with Crippen molar-refractivity contribution >= 4 is 70.7 Å². The molecule has 0 bridgehead atoms. The van der Waals surface area contributed by atoms with Crippen LogP contribution in [0.25, 0.3) is 0 Å². The summed E-state index contributed by atoms with van der Waals surface area (Å²) in [5.41, 5.74) is 2.12. The molecular weight excluding hydrogens is 960 g/mol. The number of nitrogens with one attached hydrogen (secondary N) is 9. The maximum atomic E-state index is 12.7. The van der Waals surface area contributed by atoms with Crippen molar-refractivity contribution in [1.29, 1.82) is 0 Å². The topological polar surface area (TPSA) is 448 Å². The van der Waals surface area contributed by atoms with Crippen LogP contribution >= 0.6 is 0 Å². The second-order valence-electron chi connectivity index (χ2n) is 11.5. The number of hydrogen-bond donors (Lipinski definition) is 13. The van der Waals surface area contributed by atoms with Gasteiger partial charge in [0.25, 0.3) is 0 Å². The fourth-order valence-corrected chi connectivity index (χ4v) is 4.00. The molecule has 16 N–H and O–H groups in total. The summed E-state index contributed by atoms with van der Waals surface area (Å²) in [5, 5.41) is 45.1. The van der Waals surface area contributed by atoms with Gasteiger partial charge in [0.2, 0.25) is 35.4 Å². The number of hydrazine groups is 1. The van der Waals surface area contributed by atoms with Crippen LogP contribution in [0, 0.1) is 6.92 Å². The minimum atomic E-state index is -1.29. The predicted molar refractivity (Wildman–Crippen MR) is 188 cm³/mol. The quantitative estimate of drug-likeness (QED) is 0.0174. The number of rotatable bonds is 31. The molecule has 6 amide bonds. The molecule has 0 aliphatic carbocycles. The van der Waals surface area contributed by atoms with E-state index in [0.29, 0.717) is 0 Å². The number of Topliss-reactive ketones (excluding diaryl/α,β-unsaturated/α-hetero) is 3. The first-order valence-electron chi connectivity index (χ1n) is 16.6. The Balaban J connectivity index is -0.00000372. The maximum Gasteiger partial charge on any atom is 0 e. The van der Waals surface area contributed by atoms with Gasteiger partial charge in [0.15, 0.2) is 11.6 Å². The summed E-state index contributed by atoms with van der Waals surface area (Å²) in [7, 11) is 0. The molecule has 0 aliphatic rings. The van der Waals surface area contributed by atoms with Crippen LogP contribution in [0.3, 0.4) is 0 Å². The largest absolute Gasteiger partial charge is 0 e. The van der Waals surface area contributed by atoms with E-state index in [1.807, 2.05) is 0 Å². The van der Waals surface area contributed by atoms with Gasteiger partial charge >= 0.3 is 40.3 Å². The molecule has 0 fully saturated rings. The third kappa shape index (κ3) is 34.1. The molecule has 0 rings (SSSR count). The number of hydrogen-bond acceptors (Lipinski definition) is 17. The second-order valence-corrected chi connectivity index (χ2v) is 11.5. The fourth-order valence-electron chi connectivity index (χ4n) is 4.00. The summed E-state index contributed by atoms with van der Waals surface area (Å²) in [6.07, 6.45) is -2.08. The molecule has 27 nitrogen and oxygen atoms in total. The molecule has 0 unspecified atom stereocenters. The Kier molecular flexibility index (Phi) is 37.9. The average molecular weight is 1010 g/mol. The van der Waals surface area contributed by atoms with Crippen LogP contribution in [0.2, 0.25) is 0 Å². The first-order chi connectivity index (χ1) is 26.8. The Morgan fingerprint density at radius 3 is 1.05 bits per heavy atom. The van der Waals surface area contributed by atoms with Gasteiger partial charge in [-0.1, -0.05) is 0 Å². The van der Waals surface area contributed by atoms with Crippen molar-refractivity contribution in [2.24, 2.45) is 5.84 Å².